The molecule has 0 bridgehead atoms. The Morgan fingerprint density at radius 2 is 1.72 bits per heavy atom. The van der Waals surface area contributed by atoms with E-state index >= 15 is 0 Å². The van der Waals surface area contributed by atoms with Gasteiger partial charge in [0.1, 0.15) is 12.4 Å². The molecule has 0 saturated heterocycles. The average molecular weight is 515 g/mol. The van der Waals surface area contributed by atoms with Gasteiger partial charge in [0.2, 0.25) is 0 Å². The second-order valence-electron chi connectivity index (χ2n) is 11.0. The van der Waals surface area contributed by atoms with Crippen molar-refractivity contribution in [3.05, 3.63) is 58.5 Å². The summed E-state index contributed by atoms with van der Waals surface area (Å²) in [7, 11) is 0. The molecule has 0 spiro atoms. The fraction of sp³-hybridized carbons (Fsp3) is 0.433. The number of carbonyl (C=O) groups is 1. The summed E-state index contributed by atoms with van der Waals surface area (Å²) in [5.74, 6) is 0.123. The van der Waals surface area contributed by atoms with Gasteiger partial charge in [0.05, 0.1) is 6.61 Å². The first-order chi connectivity index (χ1) is 16.7. The lowest BCUT2D eigenvalue weighted by molar-refractivity contribution is -0.137. The van der Waals surface area contributed by atoms with E-state index in [1.807, 2.05) is 25.1 Å². The highest BCUT2D eigenvalue weighted by Crippen LogP contribution is 2.46. The monoisotopic (exact) mass is 514 g/mol. The maximum Gasteiger partial charge on any atom is 0.331 e. The number of carbonyl (C=O) groups excluding carboxylic acids is 1. The van der Waals surface area contributed by atoms with Gasteiger partial charge in [-0.3, -0.25) is 0 Å². The van der Waals surface area contributed by atoms with Crippen LogP contribution >= 0.6 is 11.3 Å². The molecule has 0 atom stereocenters. The number of rotatable bonds is 7. The van der Waals surface area contributed by atoms with Gasteiger partial charge in [0.25, 0.3) is 6.43 Å². The van der Waals surface area contributed by atoms with Crippen molar-refractivity contribution in [2.24, 2.45) is 0 Å². The summed E-state index contributed by atoms with van der Waals surface area (Å²) >= 11 is 1.58. The maximum atomic E-state index is 13.3. The molecule has 194 valence electrons. The Morgan fingerprint density at radius 3 is 2.31 bits per heavy atom. The van der Waals surface area contributed by atoms with Crippen molar-refractivity contribution in [1.29, 1.82) is 0 Å². The number of hydrogen-bond acceptors (Lipinski definition) is 4. The van der Waals surface area contributed by atoms with Crippen molar-refractivity contribution in [2.45, 2.75) is 72.6 Å². The molecule has 1 heterocycles. The van der Waals surface area contributed by atoms with Crippen LogP contribution in [-0.4, -0.2) is 25.6 Å². The molecular weight excluding hydrogens is 478 g/mol. The van der Waals surface area contributed by atoms with E-state index in [2.05, 4.69) is 59.7 Å². The standard InChI is InChI=1S/C30H36F2O3S/c1-9-34-27(33)13-18(2)25-16-21-20(11-10-12-24(21)36-25)22-14-19(29(3,4)5)15-23(30(6,7)8)28(22)35-17-26(31)32/h10-16,26H,9,17H2,1-8H3. The van der Waals surface area contributed by atoms with Crippen LogP contribution in [0.15, 0.2) is 42.5 Å². The van der Waals surface area contributed by atoms with Gasteiger partial charge >= 0.3 is 5.97 Å². The van der Waals surface area contributed by atoms with Crippen LogP contribution in [0.5, 0.6) is 5.75 Å². The van der Waals surface area contributed by atoms with Gasteiger partial charge in [0.15, 0.2) is 0 Å². The zero-order chi connectivity index (χ0) is 26.8. The molecular formula is C30H36F2O3S. The fourth-order valence-corrected chi connectivity index (χ4v) is 5.10. The lowest BCUT2D eigenvalue weighted by Crippen LogP contribution is -2.20. The van der Waals surface area contributed by atoms with E-state index in [9.17, 15) is 13.6 Å². The number of benzene rings is 2. The molecule has 3 nitrogen and oxygen atoms in total. The first kappa shape index (κ1) is 27.9. The third-order valence-electron chi connectivity index (χ3n) is 5.98. The van der Waals surface area contributed by atoms with Crippen molar-refractivity contribution in [1.82, 2.24) is 0 Å². The van der Waals surface area contributed by atoms with E-state index in [4.69, 9.17) is 9.47 Å². The third kappa shape index (κ3) is 6.33. The summed E-state index contributed by atoms with van der Waals surface area (Å²) in [5, 5.41) is 0.988. The minimum atomic E-state index is -2.58. The molecule has 2 aromatic carbocycles. The van der Waals surface area contributed by atoms with Crippen LogP contribution in [-0.2, 0) is 20.4 Å². The Balaban J connectivity index is 2.30. The Bertz CT molecular complexity index is 1270. The summed E-state index contributed by atoms with van der Waals surface area (Å²) in [6, 6.07) is 12.2. The average Bonchev–Trinajstić information content (AvgIpc) is 3.20. The quantitative estimate of drug-likeness (QED) is 0.233. The second-order valence-corrected chi connectivity index (χ2v) is 12.1. The molecule has 1 aromatic heterocycles. The number of alkyl halides is 2. The predicted octanol–water partition coefficient (Wildman–Crippen LogP) is 8.77. The van der Waals surface area contributed by atoms with E-state index < -0.39 is 13.0 Å². The van der Waals surface area contributed by atoms with Gasteiger partial charge in [0, 0.05) is 32.2 Å². The van der Waals surface area contributed by atoms with Gasteiger partial charge in [-0.05, 0) is 59.6 Å². The molecule has 0 N–H and O–H groups in total. The molecule has 0 aliphatic carbocycles. The number of halogens is 2. The van der Waals surface area contributed by atoms with Gasteiger partial charge in [-0.25, -0.2) is 13.6 Å². The van der Waals surface area contributed by atoms with Crippen LogP contribution < -0.4 is 4.74 Å². The summed E-state index contributed by atoms with van der Waals surface area (Å²) in [4.78, 5) is 12.9. The molecule has 0 fully saturated rings. The van der Waals surface area contributed by atoms with E-state index in [0.717, 1.165) is 42.8 Å². The molecule has 0 aliphatic rings. The minimum absolute atomic E-state index is 0.150. The number of fused-ring (bicyclic) bond motifs is 1. The number of hydrogen-bond donors (Lipinski definition) is 0. The molecule has 0 aliphatic heterocycles. The molecule has 0 amide bonds. The van der Waals surface area contributed by atoms with Crippen LogP contribution in [0, 0.1) is 0 Å². The van der Waals surface area contributed by atoms with Crippen LogP contribution in [0.1, 0.15) is 71.4 Å². The number of thiophene rings is 1. The van der Waals surface area contributed by atoms with Gasteiger partial charge in [-0.2, -0.15) is 0 Å². The highest BCUT2D eigenvalue weighted by Gasteiger charge is 2.28. The van der Waals surface area contributed by atoms with Crippen LogP contribution in [0.3, 0.4) is 0 Å². The number of ether oxygens (including phenoxy) is 2. The van der Waals surface area contributed by atoms with E-state index in [0.29, 0.717) is 12.4 Å². The smallest absolute Gasteiger partial charge is 0.331 e. The number of esters is 1. The van der Waals surface area contributed by atoms with E-state index in [1.54, 1.807) is 18.3 Å². The summed E-state index contributed by atoms with van der Waals surface area (Å²) < 4.78 is 38.5. The molecule has 3 aromatic rings. The maximum absolute atomic E-state index is 13.3. The second kappa shape index (κ2) is 10.7. The Hall–Kier alpha value is -2.73. The third-order valence-corrected chi connectivity index (χ3v) is 7.21. The van der Waals surface area contributed by atoms with E-state index in [-0.39, 0.29) is 16.8 Å². The fourth-order valence-electron chi connectivity index (χ4n) is 4.04. The molecule has 0 unspecified atom stereocenters. The topological polar surface area (TPSA) is 35.5 Å². The van der Waals surface area contributed by atoms with Crippen LogP contribution in [0.2, 0.25) is 0 Å². The van der Waals surface area contributed by atoms with Crippen LogP contribution in [0.4, 0.5) is 8.78 Å². The van der Waals surface area contributed by atoms with Crippen molar-refractivity contribution in [2.75, 3.05) is 13.2 Å². The number of allylic oxidation sites excluding steroid dienone is 1. The van der Waals surface area contributed by atoms with Gasteiger partial charge in [-0.15, -0.1) is 11.3 Å². The lowest BCUT2D eigenvalue weighted by Gasteiger charge is -2.29. The normalized spacial score (nSPS) is 12.9. The predicted molar refractivity (Wildman–Crippen MR) is 146 cm³/mol. The first-order valence-electron chi connectivity index (χ1n) is 12.2. The highest BCUT2D eigenvalue weighted by atomic mass is 32.1. The molecule has 3 rings (SSSR count). The van der Waals surface area contributed by atoms with Crippen LogP contribution in [0.25, 0.3) is 26.8 Å². The van der Waals surface area contributed by atoms with Crippen molar-refractivity contribution in [3.8, 4) is 16.9 Å². The highest BCUT2D eigenvalue weighted by molar-refractivity contribution is 7.20. The molecule has 6 heteroatoms. The molecule has 36 heavy (non-hydrogen) atoms. The van der Waals surface area contributed by atoms with Gasteiger partial charge in [-0.1, -0.05) is 59.7 Å². The Labute approximate surface area is 217 Å². The summed E-state index contributed by atoms with van der Waals surface area (Å²) in [5.41, 5.74) is 4.07. The Morgan fingerprint density at radius 1 is 1.03 bits per heavy atom. The summed E-state index contributed by atoms with van der Waals surface area (Å²) in [6.45, 7) is 16.0. The Kier molecular flexibility index (Phi) is 8.29. The zero-order valence-corrected chi connectivity index (χ0v) is 23.2. The summed E-state index contributed by atoms with van der Waals surface area (Å²) in [6.07, 6.45) is -1.07. The van der Waals surface area contributed by atoms with E-state index in [1.165, 1.54) is 6.08 Å². The molecule has 0 radical (unpaired) electrons. The zero-order valence-electron chi connectivity index (χ0n) is 22.4. The van der Waals surface area contributed by atoms with Gasteiger partial charge < -0.3 is 9.47 Å². The lowest BCUT2D eigenvalue weighted by atomic mass is 9.78. The van der Waals surface area contributed by atoms with Crippen molar-refractivity contribution >= 4 is 33.0 Å². The first-order valence-corrected chi connectivity index (χ1v) is 13.0. The van der Waals surface area contributed by atoms with Crippen molar-refractivity contribution in [3.63, 3.8) is 0 Å². The molecule has 0 saturated carbocycles. The largest absolute Gasteiger partial charge is 0.487 e. The SMILES string of the molecule is CCOC(=O)C=C(C)c1cc2c(-c3cc(C(C)(C)C)cc(C(C)(C)C)c3OCC(F)F)cccc2s1. The van der Waals surface area contributed by atoms with Crippen molar-refractivity contribution < 1.29 is 23.0 Å². The minimum Gasteiger partial charge on any atom is -0.487 e.